The highest BCUT2D eigenvalue weighted by Crippen LogP contribution is 2.24. The molecule has 0 aromatic carbocycles. The average molecular weight is 333 g/mol. The summed E-state index contributed by atoms with van der Waals surface area (Å²) in [6.07, 6.45) is 4.88. The fourth-order valence-corrected chi connectivity index (χ4v) is 3.09. The van der Waals surface area contributed by atoms with Gasteiger partial charge < -0.3 is 9.64 Å². The van der Waals surface area contributed by atoms with Crippen LogP contribution < -0.4 is 0 Å². The molecule has 2 rings (SSSR count). The third-order valence-corrected chi connectivity index (χ3v) is 4.53. The number of ether oxygens (including phenoxy) is 1. The summed E-state index contributed by atoms with van der Waals surface area (Å²) >= 11 is 0. The molecular formula is C19H31N3O2. The summed E-state index contributed by atoms with van der Waals surface area (Å²) in [6, 6.07) is 6.41. The Morgan fingerprint density at radius 3 is 2.79 bits per heavy atom. The van der Waals surface area contributed by atoms with Crippen molar-refractivity contribution in [1.82, 2.24) is 14.8 Å². The Bertz CT molecular complexity index is 527. The fourth-order valence-electron chi connectivity index (χ4n) is 3.09. The Morgan fingerprint density at radius 1 is 1.42 bits per heavy atom. The Morgan fingerprint density at radius 2 is 2.17 bits per heavy atom. The zero-order chi connectivity index (χ0) is 17.7. The van der Waals surface area contributed by atoms with E-state index in [1.165, 1.54) is 0 Å². The number of carbonyl (C=O) groups is 1. The summed E-state index contributed by atoms with van der Waals surface area (Å²) in [6.45, 7) is 9.52. The quantitative estimate of drug-likeness (QED) is 0.839. The molecule has 5 heteroatoms. The SMILES string of the molecule is C[C@H](c1ccccn1)N(C)C[C@H]1CCCCN1C(=O)OC(C)(C)C. The van der Waals surface area contributed by atoms with Gasteiger partial charge in [0.15, 0.2) is 0 Å². The highest BCUT2D eigenvalue weighted by molar-refractivity contribution is 5.68. The van der Waals surface area contributed by atoms with Crippen molar-refractivity contribution in [2.45, 2.75) is 64.6 Å². The number of carbonyl (C=O) groups excluding carboxylic acids is 1. The van der Waals surface area contributed by atoms with Crippen LogP contribution in [0.2, 0.25) is 0 Å². The molecule has 134 valence electrons. The molecule has 0 unspecified atom stereocenters. The first-order valence-electron chi connectivity index (χ1n) is 8.89. The molecule has 5 nitrogen and oxygen atoms in total. The summed E-state index contributed by atoms with van der Waals surface area (Å²) in [7, 11) is 2.10. The van der Waals surface area contributed by atoms with E-state index in [2.05, 4.69) is 23.9 Å². The van der Waals surface area contributed by atoms with Crippen LogP contribution in [-0.2, 0) is 4.74 Å². The van der Waals surface area contributed by atoms with Crippen molar-refractivity contribution < 1.29 is 9.53 Å². The zero-order valence-corrected chi connectivity index (χ0v) is 15.7. The van der Waals surface area contributed by atoms with E-state index in [0.29, 0.717) is 0 Å². The van der Waals surface area contributed by atoms with Crippen LogP contribution in [0.25, 0.3) is 0 Å². The van der Waals surface area contributed by atoms with Gasteiger partial charge in [-0.1, -0.05) is 6.07 Å². The van der Waals surface area contributed by atoms with Crippen LogP contribution in [0, 0.1) is 0 Å². The number of hydrogen-bond donors (Lipinski definition) is 0. The molecule has 1 aliphatic heterocycles. The van der Waals surface area contributed by atoms with Crippen LogP contribution >= 0.6 is 0 Å². The number of likely N-dealkylation sites (N-methyl/N-ethyl adjacent to an activating group) is 1. The fraction of sp³-hybridized carbons (Fsp3) is 0.684. The molecule has 0 aliphatic carbocycles. The summed E-state index contributed by atoms with van der Waals surface area (Å²) in [4.78, 5) is 21.2. The van der Waals surface area contributed by atoms with E-state index in [1.807, 2.05) is 50.1 Å². The van der Waals surface area contributed by atoms with E-state index < -0.39 is 5.60 Å². The van der Waals surface area contributed by atoms with Gasteiger partial charge >= 0.3 is 6.09 Å². The first-order valence-corrected chi connectivity index (χ1v) is 8.89. The van der Waals surface area contributed by atoms with Crippen molar-refractivity contribution in [2.75, 3.05) is 20.1 Å². The Kier molecular flexibility index (Phi) is 6.21. The second kappa shape index (κ2) is 7.97. The molecule has 24 heavy (non-hydrogen) atoms. The van der Waals surface area contributed by atoms with Crippen molar-refractivity contribution in [3.8, 4) is 0 Å². The second-order valence-corrected chi connectivity index (χ2v) is 7.69. The Hall–Kier alpha value is -1.62. The van der Waals surface area contributed by atoms with Crippen molar-refractivity contribution in [1.29, 1.82) is 0 Å². The number of likely N-dealkylation sites (tertiary alicyclic amines) is 1. The van der Waals surface area contributed by atoms with Gasteiger partial charge in [-0.3, -0.25) is 9.88 Å². The summed E-state index contributed by atoms with van der Waals surface area (Å²) in [5.41, 5.74) is 0.603. The summed E-state index contributed by atoms with van der Waals surface area (Å²) in [5, 5.41) is 0. The lowest BCUT2D eigenvalue weighted by atomic mass is 10.0. The van der Waals surface area contributed by atoms with Crippen molar-refractivity contribution in [2.24, 2.45) is 0 Å². The number of piperidine rings is 1. The summed E-state index contributed by atoms with van der Waals surface area (Å²) < 4.78 is 5.59. The Balaban J connectivity index is 2.01. The van der Waals surface area contributed by atoms with Crippen molar-refractivity contribution in [3.05, 3.63) is 30.1 Å². The van der Waals surface area contributed by atoms with E-state index in [0.717, 1.165) is 38.0 Å². The molecule has 0 bridgehead atoms. The second-order valence-electron chi connectivity index (χ2n) is 7.69. The van der Waals surface area contributed by atoms with E-state index in [4.69, 9.17) is 4.74 Å². The lowest BCUT2D eigenvalue weighted by Crippen LogP contribution is -2.50. The molecule has 1 fully saturated rings. The number of hydrogen-bond acceptors (Lipinski definition) is 4. The van der Waals surface area contributed by atoms with Crippen LogP contribution in [0.4, 0.5) is 4.79 Å². The normalized spacial score (nSPS) is 20.1. The maximum absolute atomic E-state index is 12.5. The zero-order valence-electron chi connectivity index (χ0n) is 15.7. The topological polar surface area (TPSA) is 45.7 Å². The number of rotatable bonds is 4. The third-order valence-electron chi connectivity index (χ3n) is 4.53. The lowest BCUT2D eigenvalue weighted by molar-refractivity contribution is 0.00458. The van der Waals surface area contributed by atoms with Gasteiger partial charge in [-0.05, 0) is 66.1 Å². The van der Waals surface area contributed by atoms with E-state index in [9.17, 15) is 4.79 Å². The molecule has 1 aromatic heterocycles. The standard InChI is InChI=1S/C19H31N3O2/c1-15(17-11-6-8-12-20-17)21(5)14-16-10-7-9-13-22(16)18(23)24-19(2,3)4/h6,8,11-12,15-16H,7,9-10,13-14H2,1-5H3/t15-,16-/m1/s1. The van der Waals surface area contributed by atoms with Crippen molar-refractivity contribution in [3.63, 3.8) is 0 Å². The van der Waals surface area contributed by atoms with Crippen LogP contribution in [-0.4, -0.2) is 52.7 Å². The highest BCUT2D eigenvalue weighted by Gasteiger charge is 2.31. The highest BCUT2D eigenvalue weighted by atomic mass is 16.6. The van der Waals surface area contributed by atoms with Crippen LogP contribution in [0.15, 0.2) is 24.4 Å². The van der Waals surface area contributed by atoms with E-state index >= 15 is 0 Å². The van der Waals surface area contributed by atoms with Gasteiger partial charge in [0.2, 0.25) is 0 Å². The Labute approximate surface area is 146 Å². The first-order chi connectivity index (χ1) is 11.3. The molecule has 0 N–H and O–H groups in total. The number of nitrogens with zero attached hydrogens (tertiary/aromatic N) is 3. The lowest BCUT2D eigenvalue weighted by Gasteiger charge is -2.39. The molecule has 1 aliphatic rings. The van der Waals surface area contributed by atoms with E-state index in [1.54, 1.807) is 0 Å². The number of amides is 1. The van der Waals surface area contributed by atoms with Gasteiger partial charge in [-0.25, -0.2) is 4.79 Å². The molecule has 2 heterocycles. The molecule has 0 radical (unpaired) electrons. The van der Waals surface area contributed by atoms with Crippen LogP contribution in [0.5, 0.6) is 0 Å². The maximum Gasteiger partial charge on any atom is 0.410 e. The van der Waals surface area contributed by atoms with Gasteiger partial charge in [0.25, 0.3) is 0 Å². The number of aromatic nitrogens is 1. The molecular weight excluding hydrogens is 302 g/mol. The molecule has 2 atom stereocenters. The predicted molar refractivity (Wildman–Crippen MR) is 95.9 cm³/mol. The van der Waals surface area contributed by atoms with Gasteiger partial charge in [-0.15, -0.1) is 0 Å². The molecule has 0 saturated carbocycles. The maximum atomic E-state index is 12.5. The predicted octanol–water partition coefficient (Wildman–Crippen LogP) is 3.86. The number of pyridine rings is 1. The first kappa shape index (κ1) is 18.7. The molecule has 0 spiro atoms. The van der Waals surface area contributed by atoms with Gasteiger partial charge in [0.05, 0.1) is 5.69 Å². The van der Waals surface area contributed by atoms with Gasteiger partial charge in [-0.2, -0.15) is 0 Å². The minimum atomic E-state index is -0.452. The minimum absolute atomic E-state index is 0.189. The third kappa shape index (κ3) is 5.20. The molecule has 1 amide bonds. The molecule has 1 saturated heterocycles. The van der Waals surface area contributed by atoms with E-state index in [-0.39, 0.29) is 18.2 Å². The van der Waals surface area contributed by atoms with Gasteiger partial charge in [0.1, 0.15) is 5.60 Å². The van der Waals surface area contributed by atoms with Crippen molar-refractivity contribution >= 4 is 6.09 Å². The molecule has 1 aromatic rings. The average Bonchev–Trinajstić information content (AvgIpc) is 2.53. The monoisotopic (exact) mass is 333 g/mol. The van der Waals surface area contributed by atoms with Gasteiger partial charge in [0, 0.05) is 31.4 Å². The van der Waals surface area contributed by atoms with Crippen LogP contribution in [0.3, 0.4) is 0 Å². The smallest absolute Gasteiger partial charge is 0.410 e. The summed E-state index contributed by atoms with van der Waals surface area (Å²) in [5.74, 6) is 0. The largest absolute Gasteiger partial charge is 0.444 e. The minimum Gasteiger partial charge on any atom is -0.444 e. The van der Waals surface area contributed by atoms with Crippen LogP contribution in [0.1, 0.15) is 58.7 Å².